The summed E-state index contributed by atoms with van der Waals surface area (Å²) in [7, 11) is 0. The molecular weight excluding hydrogens is 441 g/mol. The molecule has 1 aromatic carbocycles. The summed E-state index contributed by atoms with van der Waals surface area (Å²) in [6, 6.07) is 11.3. The zero-order valence-electron chi connectivity index (χ0n) is 14.1. The average Bonchev–Trinajstić information content (AvgIpc) is 2.59. The molecule has 1 amide bonds. The van der Waals surface area contributed by atoms with E-state index in [0.717, 1.165) is 30.2 Å². The molecule has 1 heterocycles. The second kappa shape index (κ2) is 10.7. The van der Waals surface area contributed by atoms with Crippen molar-refractivity contribution in [3.05, 3.63) is 52.6 Å². The number of ether oxygens (including phenoxy) is 1. The lowest BCUT2D eigenvalue weighted by molar-refractivity contribution is 0.0923. The Labute approximate surface area is 174 Å². The number of carbonyl (C=O) groups is 1. The Morgan fingerprint density at radius 1 is 1.12 bits per heavy atom. The van der Waals surface area contributed by atoms with E-state index in [1.807, 2.05) is 24.3 Å². The molecule has 1 aromatic heterocycles. The summed E-state index contributed by atoms with van der Waals surface area (Å²) in [6.45, 7) is 0. The maximum atomic E-state index is 12.6. The van der Waals surface area contributed by atoms with Crippen LogP contribution in [0.5, 0.6) is 11.6 Å². The van der Waals surface area contributed by atoms with Gasteiger partial charge in [0, 0.05) is 22.8 Å². The first-order valence-corrected chi connectivity index (χ1v) is 8.86. The van der Waals surface area contributed by atoms with Gasteiger partial charge in [0.05, 0.1) is 0 Å². The van der Waals surface area contributed by atoms with Crippen LogP contribution in [0, 0.1) is 0 Å². The van der Waals surface area contributed by atoms with Crippen molar-refractivity contribution in [2.24, 2.45) is 5.73 Å². The third kappa shape index (κ3) is 6.13. The normalized spacial score (nSPS) is 18.8. The first-order valence-electron chi connectivity index (χ1n) is 8.06. The average molecular weight is 463 g/mol. The summed E-state index contributed by atoms with van der Waals surface area (Å²) in [6.07, 6.45) is 5.33. The predicted octanol–water partition coefficient (Wildman–Crippen LogP) is 4.48. The van der Waals surface area contributed by atoms with Crippen molar-refractivity contribution in [1.29, 1.82) is 0 Å². The van der Waals surface area contributed by atoms with Crippen molar-refractivity contribution >= 4 is 46.7 Å². The van der Waals surface area contributed by atoms with Crippen LogP contribution in [-0.2, 0) is 0 Å². The Morgan fingerprint density at radius 2 is 1.77 bits per heavy atom. The monoisotopic (exact) mass is 461 g/mol. The number of aromatic nitrogens is 1. The Hall–Kier alpha value is -1.34. The number of amides is 1. The van der Waals surface area contributed by atoms with Gasteiger partial charge >= 0.3 is 0 Å². The molecule has 1 aliphatic rings. The van der Waals surface area contributed by atoms with Crippen LogP contribution in [0.1, 0.15) is 36.0 Å². The van der Waals surface area contributed by atoms with Crippen LogP contribution in [-0.4, -0.2) is 23.0 Å². The maximum absolute atomic E-state index is 12.6. The van der Waals surface area contributed by atoms with E-state index in [1.165, 1.54) is 0 Å². The number of hydrogen-bond donors (Lipinski definition) is 2. The largest absolute Gasteiger partial charge is 0.438 e. The molecule has 5 nitrogen and oxygen atoms in total. The molecule has 0 atom stereocenters. The summed E-state index contributed by atoms with van der Waals surface area (Å²) in [5.41, 5.74) is 6.35. The molecule has 8 heteroatoms. The number of nitrogens with zero attached hydrogens (tertiary/aromatic N) is 1. The first-order chi connectivity index (χ1) is 11.6. The van der Waals surface area contributed by atoms with E-state index in [-0.39, 0.29) is 42.8 Å². The molecule has 0 spiro atoms. The number of benzene rings is 1. The molecule has 26 heavy (non-hydrogen) atoms. The van der Waals surface area contributed by atoms with Gasteiger partial charge in [-0.25, -0.2) is 4.98 Å². The molecule has 3 rings (SSSR count). The topological polar surface area (TPSA) is 77.2 Å². The van der Waals surface area contributed by atoms with E-state index in [4.69, 9.17) is 10.5 Å². The first kappa shape index (κ1) is 22.7. The second-order valence-corrected chi connectivity index (χ2v) is 6.91. The van der Waals surface area contributed by atoms with Crippen molar-refractivity contribution in [1.82, 2.24) is 10.3 Å². The number of hydrogen-bond acceptors (Lipinski definition) is 4. The molecule has 0 radical (unpaired) electrons. The Balaban J connectivity index is 0.00000169. The smallest absolute Gasteiger partial charge is 0.257 e. The third-order valence-electron chi connectivity index (χ3n) is 4.15. The van der Waals surface area contributed by atoms with Crippen LogP contribution in [0.15, 0.2) is 47.1 Å². The Bertz CT molecular complexity index is 708. The highest BCUT2D eigenvalue weighted by Crippen LogP contribution is 2.25. The number of nitrogens with two attached hydrogens (primary N) is 1. The van der Waals surface area contributed by atoms with Crippen molar-refractivity contribution < 1.29 is 9.53 Å². The van der Waals surface area contributed by atoms with Gasteiger partial charge in [-0.2, -0.15) is 0 Å². The number of rotatable bonds is 4. The van der Waals surface area contributed by atoms with Gasteiger partial charge in [-0.1, -0.05) is 15.9 Å². The lowest BCUT2D eigenvalue weighted by atomic mass is 9.91. The van der Waals surface area contributed by atoms with Gasteiger partial charge < -0.3 is 15.8 Å². The number of halogens is 3. The van der Waals surface area contributed by atoms with Crippen molar-refractivity contribution in [3.8, 4) is 11.6 Å². The molecule has 1 aliphatic carbocycles. The van der Waals surface area contributed by atoms with Gasteiger partial charge in [0.15, 0.2) is 0 Å². The highest BCUT2D eigenvalue weighted by Gasteiger charge is 2.22. The van der Waals surface area contributed by atoms with Crippen LogP contribution < -0.4 is 15.8 Å². The van der Waals surface area contributed by atoms with Crippen molar-refractivity contribution in [3.63, 3.8) is 0 Å². The summed E-state index contributed by atoms with van der Waals surface area (Å²) >= 11 is 3.38. The minimum absolute atomic E-state index is 0. The Kier molecular flexibility index (Phi) is 9.36. The fraction of sp³-hybridized carbons (Fsp3) is 0.333. The van der Waals surface area contributed by atoms with E-state index >= 15 is 0 Å². The van der Waals surface area contributed by atoms with Crippen LogP contribution in [0.2, 0.25) is 0 Å². The lowest BCUT2D eigenvalue weighted by Crippen LogP contribution is -2.40. The molecule has 0 saturated heterocycles. The van der Waals surface area contributed by atoms with E-state index in [9.17, 15) is 4.79 Å². The lowest BCUT2D eigenvalue weighted by Gasteiger charge is -2.26. The van der Waals surface area contributed by atoms with Gasteiger partial charge in [-0.3, -0.25) is 4.79 Å². The minimum atomic E-state index is -0.157. The summed E-state index contributed by atoms with van der Waals surface area (Å²) in [5.74, 6) is 0.787. The van der Waals surface area contributed by atoms with Crippen molar-refractivity contribution in [2.45, 2.75) is 37.8 Å². The number of carbonyl (C=O) groups excluding carboxylic acids is 1. The maximum Gasteiger partial charge on any atom is 0.257 e. The van der Waals surface area contributed by atoms with Gasteiger partial charge in [-0.05, 0) is 62.1 Å². The summed E-state index contributed by atoms with van der Waals surface area (Å²) in [4.78, 5) is 16.8. The van der Waals surface area contributed by atoms with Crippen LogP contribution in [0.4, 0.5) is 0 Å². The van der Waals surface area contributed by atoms with Crippen LogP contribution in [0.25, 0.3) is 0 Å². The molecule has 142 valence electrons. The second-order valence-electron chi connectivity index (χ2n) is 6.00. The molecular formula is C18H22BrCl2N3O2. The zero-order chi connectivity index (χ0) is 16.9. The Morgan fingerprint density at radius 3 is 2.42 bits per heavy atom. The molecule has 0 bridgehead atoms. The highest BCUT2D eigenvalue weighted by molar-refractivity contribution is 9.10. The molecule has 1 saturated carbocycles. The quantitative estimate of drug-likeness (QED) is 0.702. The summed E-state index contributed by atoms with van der Waals surface area (Å²) in [5, 5.41) is 3.07. The molecule has 0 aliphatic heterocycles. The minimum Gasteiger partial charge on any atom is -0.438 e. The summed E-state index contributed by atoms with van der Waals surface area (Å²) < 4.78 is 6.74. The van der Waals surface area contributed by atoms with Crippen LogP contribution in [0.3, 0.4) is 0 Å². The third-order valence-corrected chi connectivity index (χ3v) is 4.68. The van der Waals surface area contributed by atoms with E-state index < -0.39 is 0 Å². The van der Waals surface area contributed by atoms with E-state index in [0.29, 0.717) is 17.2 Å². The number of pyridine rings is 1. The van der Waals surface area contributed by atoms with Gasteiger partial charge in [0.2, 0.25) is 5.88 Å². The molecule has 2 aromatic rings. The van der Waals surface area contributed by atoms with E-state index in [2.05, 4.69) is 26.2 Å². The fourth-order valence-electron chi connectivity index (χ4n) is 2.79. The van der Waals surface area contributed by atoms with Crippen LogP contribution >= 0.6 is 40.7 Å². The van der Waals surface area contributed by atoms with E-state index in [1.54, 1.807) is 18.3 Å². The fourth-order valence-corrected chi connectivity index (χ4v) is 3.05. The van der Waals surface area contributed by atoms with Gasteiger partial charge in [0.1, 0.15) is 11.3 Å². The van der Waals surface area contributed by atoms with Gasteiger partial charge in [0.25, 0.3) is 5.91 Å². The standard InChI is InChI=1S/C18H20BrN3O2.2ClH/c19-12-3-9-15(10-4-12)24-18-16(2-1-11-21-18)17(23)22-14-7-5-13(20)6-8-14;;/h1-4,9-11,13-14H,5-8,20H2,(H,22,23);2*1H. The molecule has 3 N–H and O–H groups in total. The zero-order valence-corrected chi connectivity index (χ0v) is 17.3. The SMILES string of the molecule is Cl.Cl.NC1CCC(NC(=O)c2cccnc2Oc2ccc(Br)cc2)CC1. The molecule has 1 fully saturated rings. The predicted molar refractivity (Wildman–Crippen MR) is 111 cm³/mol. The highest BCUT2D eigenvalue weighted by atomic mass is 79.9. The van der Waals surface area contributed by atoms with Crippen molar-refractivity contribution in [2.75, 3.05) is 0 Å². The molecule has 0 unspecified atom stereocenters. The van der Waals surface area contributed by atoms with Gasteiger partial charge in [-0.15, -0.1) is 24.8 Å². The number of nitrogens with one attached hydrogen (secondary N) is 1.